The number of rotatable bonds is 10. The molecule has 4 aromatic rings. The SMILES string of the molecule is CN(c1c(Cl)cnc2nc(-c3ccc(OCC(=O)NCCN)cc3)[nH]c12)C1CCN(Cc2ccccc2)CC1. The van der Waals surface area contributed by atoms with Gasteiger partial charge in [0.2, 0.25) is 0 Å². The predicted octanol–water partition coefficient (Wildman–Crippen LogP) is 3.83. The minimum atomic E-state index is -0.205. The molecule has 204 valence electrons. The van der Waals surface area contributed by atoms with Crippen LogP contribution in [-0.2, 0) is 11.3 Å². The highest BCUT2D eigenvalue weighted by atomic mass is 35.5. The van der Waals surface area contributed by atoms with Crippen molar-refractivity contribution in [2.45, 2.75) is 25.4 Å². The topological polar surface area (TPSA) is 112 Å². The number of nitrogens with two attached hydrogens (primary N) is 1. The summed E-state index contributed by atoms with van der Waals surface area (Å²) in [5, 5.41) is 3.28. The quantitative estimate of drug-likeness (QED) is 0.276. The highest BCUT2D eigenvalue weighted by Gasteiger charge is 2.26. The number of aromatic nitrogens is 3. The molecule has 0 aliphatic carbocycles. The molecule has 2 aromatic heterocycles. The molecule has 1 aliphatic rings. The van der Waals surface area contributed by atoms with Gasteiger partial charge in [0.15, 0.2) is 12.3 Å². The predicted molar refractivity (Wildman–Crippen MR) is 155 cm³/mol. The van der Waals surface area contributed by atoms with Gasteiger partial charge < -0.3 is 25.7 Å². The largest absolute Gasteiger partial charge is 0.484 e. The number of carbonyl (C=O) groups excluding carboxylic acids is 1. The summed E-state index contributed by atoms with van der Waals surface area (Å²) in [4.78, 5) is 29.2. The lowest BCUT2D eigenvalue weighted by atomic mass is 10.0. The van der Waals surface area contributed by atoms with Gasteiger partial charge in [-0.2, -0.15) is 0 Å². The van der Waals surface area contributed by atoms with E-state index in [0.717, 1.165) is 49.2 Å². The molecule has 0 radical (unpaired) electrons. The van der Waals surface area contributed by atoms with Gasteiger partial charge in [-0.05, 0) is 42.7 Å². The number of piperidine rings is 1. The van der Waals surface area contributed by atoms with Crippen LogP contribution in [0.5, 0.6) is 5.75 Å². The van der Waals surface area contributed by atoms with Crippen molar-refractivity contribution in [3.05, 3.63) is 71.4 Å². The van der Waals surface area contributed by atoms with Crippen LogP contribution in [0.25, 0.3) is 22.6 Å². The standard InChI is InChI=1S/C29H34ClN7O2/c1-36(22-11-15-37(16-12-22)18-20-5-3-2-4-6-20)27-24(30)17-33-29-26(27)34-28(35-29)21-7-9-23(10-8-21)39-19-25(38)32-14-13-31/h2-10,17,22H,11-16,18-19,31H2,1H3,(H,32,38)(H,33,34,35). The van der Waals surface area contributed by atoms with Crippen molar-refractivity contribution in [3.8, 4) is 17.1 Å². The van der Waals surface area contributed by atoms with Crippen molar-refractivity contribution in [1.29, 1.82) is 0 Å². The van der Waals surface area contributed by atoms with Crippen LogP contribution in [0.15, 0.2) is 60.8 Å². The molecule has 1 saturated heterocycles. The van der Waals surface area contributed by atoms with Gasteiger partial charge in [0, 0.05) is 51.4 Å². The van der Waals surface area contributed by atoms with Crippen LogP contribution < -0.4 is 20.7 Å². The zero-order valence-electron chi connectivity index (χ0n) is 22.1. The third-order valence-electron chi connectivity index (χ3n) is 7.12. The number of H-pyrrole nitrogens is 1. The summed E-state index contributed by atoms with van der Waals surface area (Å²) in [6.45, 7) is 3.81. The highest BCUT2D eigenvalue weighted by molar-refractivity contribution is 6.34. The van der Waals surface area contributed by atoms with Crippen molar-refractivity contribution >= 4 is 34.4 Å². The summed E-state index contributed by atoms with van der Waals surface area (Å²) in [7, 11) is 2.11. The van der Waals surface area contributed by atoms with E-state index in [1.54, 1.807) is 6.20 Å². The smallest absolute Gasteiger partial charge is 0.257 e. The number of aromatic amines is 1. The van der Waals surface area contributed by atoms with E-state index in [1.807, 2.05) is 24.3 Å². The van der Waals surface area contributed by atoms with E-state index in [4.69, 9.17) is 27.1 Å². The Morgan fingerprint density at radius 2 is 1.92 bits per heavy atom. The Balaban J connectivity index is 1.27. The number of hydrogen-bond acceptors (Lipinski definition) is 7. The summed E-state index contributed by atoms with van der Waals surface area (Å²) < 4.78 is 5.57. The number of amides is 1. The van der Waals surface area contributed by atoms with Gasteiger partial charge in [0.05, 0.1) is 16.9 Å². The molecule has 4 N–H and O–H groups in total. The first kappa shape index (κ1) is 26.9. The Morgan fingerprint density at radius 3 is 2.64 bits per heavy atom. The summed E-state index contributed by atoms with van der Waals surface area (Å²) in [6, 6.07) is 18.4. The van der Waals surface area contributed by atoms with E-state index in [2.05, 4.69) is 62.5 Å². The maximum atomic E-state index is 11.8. The third-order valence-corrected chi connectivity index (χ3v) is 7.40. The van der Waals surface area contributed by atoms with Gasteiger partial charge in [-0.1, -0.05) is 41.9 Å². The maximum absolute atomic E-state index is 11.8. The van der Waals surface area contributed by atoms with E-state index in [0.29, 0.717) is 41.4 Å². The molecule has 5 rings (SSSR count). The molecular weight excluding hydrogens is 514 g/mol. The molecule has 1 aliphatic heterocycles. The Morgan fingerprint density at radius 1 is 1.18 bits per heavy atom. The average Bonchev–Trinajstić information content (AvgIpc) is 3.40. The zero-order chi connectivity index (χ0) is 27.2. The number of nitrogens with zero attached hydrogens (tertiary/aromatic N) is 4. The molecule has 0 bridgehead atoms. The first-order valence-corrected chi connectivity index (χ1v) is 13.6. The van der Waals surface area contributed by atoms with Crippen molar-refractivity contribution in [2.24, 2.45) is 5.73 Å². The normalized spacial score (nSPS) is 14.4. The van der Waals surface area contributed by atoms with Crippen molar-refractivity contribution < 1.29 is 9.53 Å². The fourth-order valence-electron chi connectivity index (χ4n) is 5.01. The first-order chi connectivity index (χ1) is 19.0. The molecule has 0 saturated carbocycles. The minimum absolute atomic E-state index is 0.0622. The van der Waals surface area contributed by atoms with E-state index >= 15 is 0 Å². The van der Waals surface area contributed by atoms with E-state index in [9.17, 15) is 4.79 Å². The molecule has 1 amide bonds. The fourth-order valence-corrected chi connectivity index (χ4v) is 5.29. The van der Waals surface area contributed by atoms with Crippen LogP contribution in [0.1, 0.15) is 18.4 Å². The molecule has 9 nitrogen and oxygen atoms in total. The molecule has 0 atom stereocenters. The van der Waals surface area contributed by atoms with Gasteiger partial charge in [-0.3, -0.25) is 9.69 Å². The summed E-state index contributed by atoms with van der Waals surface area (Å²) in [5.41, 5.74) is 10.00. The lowest BCUT2D eigenvalue weighted by Gasteiger charge is -2.38. The number of halogens is 1. The number of nitrogens with one attached hydrogen (secondary N) is 2. The van der Waals surface area contributed by atoms with Crippen LogP contribution >= 0.6 is 11.6 Å². The van der Waals surface area contributed by atoms with Gasteiger partial charge in [0.1, 0.15) is 17.1 Å². The molecule has 39 heavy (non-hydrogen) atoms. The second-order valence-electron chi connectivity index (χ2n) is 9.79. The number of pyridine rings is 1. The highest BCUT2D eigenvalue weighted by Crippen LogP contribution is 2.35. The Kier molecular flexibility index (Phi) is 8.61. The van der Waals surface area contributed by atoms with E-state index in [-0.39, 0.29) is 12.5 Å². The zero-order valence-corrected chi connectivity index (χ0v) is 22.8. The fraction of sp³-hybridized carbons (Fsp3) is 0.345. The van der Waals surface area contributed by atoms with Crippen LogP contribution in [0.2, 0.25) is 5.02 Å². The molecule has 1 fully saturated rings. The summed E-state index contributed by atoms with van der Waals surface area (Å²) in [5.74, 6) is 1.08. The number of ether oxygens (including phenoxy) is 1. The number of anilines is 1. The Bertz CT molecular complexity index is 1390. The number of hydrogen-bond donors (Lipinski definition) is 3. The Hall–Kier alpha value is -3.66. The lowest BCUT2D eigenvalue weighted by molar-refractivity contribution is -0.123. The average molecular weight is 548 g/mol. The van der Waals surface area contributed by atoms with Crippen LogP contribution in [-0.4, -0.2) is 71.6 Å². The van der Waals surface area contributed by atoms with Crippen molar-refractivity contribution in [2.75, 3.05) is 44.7 Å². The third kappa shape index (κ3) is 6.50. The van der Waals surface area contributed by atoms with E-state index in [1.165, 1.54) is 5.56 Å². The number of fused-ring (bicyclic) bond motifs is 1. The number of imidazole rings is 1. The molecule has 3 heterocycles. The maximum Gasteiger partial charge on any atom is 0.257 e. The van der Waals surface area contributed by atoms with Gasteiger partial charge >= 0.3 is 0 Å². The second kappa shape index (κ2) is 12.5. The lowest BCUT2D eigenvalue weighted by Crippen LogP contribution is -2.43. The van der Waals surface area contributed by atoms with Crippen molar-refractivity contribution in [1.82, 2.24) is 25.2 Å². The Labute approximate surface area is 233 Å². The summed E-state index contributed by atoms with van der Waals surface area (Å²) in [6.07, 6.45) is 3.78. The monoisotopic (exact) mass is 547 g/mol. The molecule has 2 aromatic carbocycles. The summed E-state index contributed by atoms with van der Waals surface area (Å²) >= 11 is 6.70. The second-order valence-corrected chi connectivity index (χ2v) is 10.2. The number of likely N-dealkylation sites (tertiary alicyclic amines) is 1. The molecule has 10 heteroatoms. The number of benzene rings is 2. The molecular formula is C29H34ClN7O2. The van der Waals surface area contributed by atoms with E-state index < -0.39 is 0 Å². The van der Waals surface area contributed by atoms with Gasteiger partial charge in [-0.15, -0.1) is 0 Å². The van der Waals surface area contributed by atoms with Crippen LogP contribution in [0.3, 0.4) is 0 Å². The minimum Gasteiger partial charge on any atom is -0.484 e. The van der Waals surface area contributed by atoms with Crippen molar-refractivity contribution in [3.63, 3.8) is 0 Å². The van der Waals surface area contributed by atoms with Gasteiger partial charge in [0.25, 0.3) is 5.91 Å². The first-order valence-electron chi connectivity index (χ1n) is 13.2. The number of carbonyl (C=O) groups is 1. The molecule has 0 spiro atoms. The van der Waals surface area contributed by atoms with Crippen LogP contribution in [0, 0.1) is 0 Å². The molecule has 0 unspecified atom stereocenters. The van der Waals surface area contributed by atoms with Gasteiger partial charge in [-0.25, -0.2) is 9.97 Å². The van der Waals surface area contributed by atoms with Crippen LogP contribution in [0.4, 0.5) is 5.69 Å².